The molecule has 1 N–H and O–H groups in total. The van der Waals surface area contributed by atoms with E-state index in [1.54, 1.807) is 12.1 Å². The first-order chi connectivity index (χ1) is 8.59. The summed E-state index contributed by atoms with van der Waals surface area (Å²) in [7, 11) is 1.91. The number of hydrogen-bond acceptors (Lipinski definition) is 1. The van der Waals surface area contributed by atoms with Gasteiger partial charge in [0.15, 0.2) is 0 Å². The summed E-state index contributed by atoms with van der Waals surface area (Å²) in [5.74, 6) is -2.66. The first-order valence-electron chi connectivity index (χ1n) is 6.72. The van der Waals surface area contributed by atoms with Crippen molar-refractivity contribution in [2.45, 2.75) is 38.0 Å². The Bertz CT molecular complexity index is 382. The van der Waals surface area contributed by atoms with Crippen LogP contribution >= 0.6 is 0 Å². The molecule has 1 unspecified atom stereocenters. The SMILES string of the molecule is CCC(CNC)c1ccc(C(F)(F)C2CC2)cc1. The Kier molecular flexibility index (Phi) is 4.00. The molecule has 0 heterocycles. The first-order valence-corrected chi connectivity index (χ1v) is 6.72. The van der Waals surface area contributed by atoms with E-state index in [-0.39, 0.29) is 5.56 Å². The van der Waals surface area contributed by atoms with Crippen molar-refractivity contribution in [3.63, 3.8) is 0 Å². The summed E-state index contributed by atoms with van der Waals surface area (Å²) in [5, 5.41) is 3.14. The largest absolute Gasteiger partial charge is 0.319 e. The summed E-state index contributed by atoms with van der Waals surface area (Å²) >= 11 is 0. The molecule has 0 saturated heterocycles. The average molecular weight is 253 g/mol. The maximum Gasteiger partial charge on any atom is 0.276 e. The summed E-state index contributed by atoms with van der Waals surface area (Å²) in [6.45, 7) is 3.00. The molecule has 100 valence electrons. The van der Waals surface area contributed by atoms with Gasteiger partial charge in [0, 0.05) is 18.0 Å². The second-order valence-electron chi connectivity index (χ2n) is 5.18. The van der Waals surface area contributed by atoms with Crippen molar-refractivity contribution in [2.75, 3.05) is 13.6 Å². The highest BCUT2D eigenvalue weighted by Crippen LogP contribution is 2.49. The van der Waals surface area contributed by atoms with Crippen molar-refractivity contribution in [3.05, 3.63) is 35.4 Å². The molecule has 0 radical (unpaired) electrons. The first kappa shape index (κ1) is 13.5. The number of nitrogens with one attached hydrogen (secondary N) is 1. The van der Waals surface area contributed by atoms with Gasteiger partial charge < -0.3 is 5.32 Å². The third-order valence-corrected chi connectivity index (χ3v) is 3.80. The zero-order valence-electron chi connectivity index (χ0n) is 11.0. The summed E-state index contributed by atoms with van der Waals surface area (Å²) in [5.41, 5.74) is 1.32. The summed E-state index contributed by atoms with van der Waals surface area (Å²) in [6, 6.07) is 6.92. The van der Waals surface area contributed by atoms with E-state index in [0.29, 0.717) is 18.8 Å². The lowest BCUT2D eigenvalue weighted by Crippen LogP contribution is -2.18. The Morgan fingerprint density at radius 2 is 1.89 bits per heavy atom. The zero-order valence-corrected chi connectivity index (χ0v) is 11.0. The van der Waals surface area contributed by atoms with E-state index in [1.807, 2.05) is 19.2 Å². The van der Waals surface area contributed by atoms with Crippen LogP contribution in [0.25, 0.3) is 0 Å². The van der Waals surface area contributed by atoms with E-state index in [1.165, 1.54) is 0 Å². The monoisotopic (exact) mass is 253 g/mol. The molecule has 1 atom stereocenters. The fourth-order valence-corrected chi connectivity index (χ4v) is 2.40. The smallest absolute Gasteiger partial charge is 0.276 e. The fourth-order valence-electron chi connectivity index (χ4n) is 2.40. The minimum Gasteiger partial charge on any atom is -0.319 e. The molecule has 1 fully saturated rings. The van der Waals surface area contributed by atoms with Gasteiger partial charge in [-0.1, -0.05) is 31.2 Å². The van der Waals surface area contributed by atoms with Crippen LogP contribution in [0.1, 0.15) is 43.2 Å². The Labute approximate surface area is 108 Å². The van der Waals surface area contributed by atoms with E-state index in [2.05, 4.69) is 12.2 Å². The molecule has 0 aromatic heterocycles. The van der Waals surface area contributed by atoms with Gasteiger partial charge in [0.1, 0.15) is 0 Å². The molecule has 1 aliphatic carbocycles. The zero-order chi connectivity index (χ0) is 13.2. The van der Waals surface area contributed by atoms with Crippen molar-refractivity contribution in [3.8, 4) is 0 Å². The van der Waals surface area contributed by atoms with Gasteiger partial charge in [-0.3, -0.25) is 0 Å². The average Bonchev–Trinajstić information content (AvgIpc) is 3.20. The number of hydrogen-bond donors (Lipinski definition) is 1. The van der Waals surface area contributed by atoms with Crippen LogP contribution in [0.2, 0.25) is 0 Å². The van der Waals surface area contributed by atoms with E-state index >= 15 is 0 Å². The van der Waals surface area contributed by atoms with Crippen LogP contribution < -0.4 is 5.32 Å². The Balaban J connectivity index is 2.13. The highest BCUT2D eigenvalue weighted by Gasteiger charge is 2.47. The minimum absolute atomic E-state index is 0.174. The number of likely N-dealkylation sites (N-methyl/N-ethyl adjacent to an activating group) is 1. The van der Waals surface area contributed by atoms with Crippen molar-refractivity contribution >= 4 is 0 Å². The molecule has 1 nitrogen and oxygen atoms in total. The van der Waals surface area contributed by atoms with Gasteiger partial charge in [-0.2, -0.15) is 0 Å². The van der Waals surface area contributed by atoms with E-state index in [4.69, 9.17) is 0 Å². The summed E-state index contributed by atoms with van der Waals surface area (Å²) in [6.07, 6.45) is 2.33. The van der Waals surface area contributed by atoms with Crippen LogP contribution in [0.15, 0.2) is 24.3 Å². The van der Waals surface area contributed by atoms with Gasteiger partial charge in [-0.05, 0) is 37.8 Å². The minimum atomic E-state index is -2.64. The molecule has 0 bridgehead atoms. The topological polar surface area (TPSA) is 12.0 Å². The van der Waals surface area contributed by atoms with Gasteiger partial charge in [0.25, 0.3) is 5.92 Å². The van der Waals surface area contributed by atoms with Crippen LogP contribution in [-0.4, -0.2) is 13.6 Å². The van der Waals surface area contributed by atoms with Gasteiger partial charge in [0.05, 0.1) is 0 Å². The molecule has 1 aliphatic rings. The molecule has 0 amide bonds. The quantitative estimate of drug-likeness (QED) is 0.810. The highest BCUT2D eigenvalue weighted by atomic mass is 19.3. The van der Waals surface area contributed by atoms with Crippen LogP contribution in [0.5, 0.6) is 0 Å². The van der Waals surface area contributed by atoms with Gasteiger partial charge in [-0.25, -0.2) is 8.78 Å². The standard InChI is InChI=1S/C15H21F2N/c1-3-11(10-18-2)12-4-6-13(7-5-12)15(16,17)14-8-9-14/h4-7,11,14,18H,3,8-10H2,1-2H3. The summed E-state index contributed by atoms with van der Waals surface area (Å²) < 4.78 is 27.8. The van der Waals surface area contributed by atoms with E-state index in [0.717, 1.165) is 18.5 Å². The third-order valence-electron chi connectivity index (χ3n) is 3.80. The highest BCUT2D eigenvalue weighted by molar-refractivity contribution is 5.29. The Morgan fingerprint density at radius 3 is 2.33 bits per heavy atom. The number of benzene rings is 1. The molecule has 1 saturated carbocycles. The van der Waals surface area contributed by atoms with Crippen molar-refractivity contribution in [1.29, 1.82) is 0 Å². The van der Waals surface area contributed by atoms with Crippen LogP contribution in [0, 0.1) is 5.92 Å². The van der Waals surface area contributed by atoms with Crippen molar-refractivity contribution in [1.82, 2.24) is 5.32 Å². The Morgan fingerprint density at radius 1 is 1.28 bits per heavy atom. The molecule has 1 aromatic carbocycles. The lowest BCUT2D eigenvalue weighted by atomic mass is 9.94. The molecule has 0 spiro atoms. The van der Waals surface area contributed by atoms with Gasteiger partial charge >= 0.3 is 0 Å². The molecular formula is C15H21F2N. The van der Waals surface area contributed by atoms with Crippen LogP contribution in [0.3, 0.4) is 0 Å². The third kappa shape index (κ3) is 2.72. The molecule has 18 heavy (non-hydrogen) atoms. The molecule has 1 aromatic rings. The lowest BCUT2D eigenvalue weighted by Gasteiger charge is -2.19. The maximum absolute atomic E-state index is 13.9. The lowest BCUT2D eigenvalue weighted by molar-refractivity contribution is -0.0285. The van der Waals surface area contributed by atoms with E-state index in [9.17, 15) is 8.78 Å². The number of halogens is 2. The summed E-state index contributed by atoms with van der Waals surface area (Å²) in [4.78, 5) is 0. The second kappa shape index (κ2) is 5.35. The normalized spacial score (nSPS) is 17.8. The van der Waals surface area contributed by atoms with Crippen LogP contribution in [-0.2, 0) is 5.92 Å². The second-order valence-corrected chi connectivity index (χ2v) is 5.18. The van der Waals surface area contributed by atoms with Crippen molar-refractivity contribution < 1.29 is 8.78 Å². The molecule has 0 aliphatic heterocycles. The molecule has 2 rings (SSSR count). The number of rotatable bonds is 6. The number of alkyl halides is 2. The van der Waals surface area contributed by atoms with E-state index < -0.39 is 11.8 Å². The van der Waals surface area contributed by atoms with Crippen LogP contribution in [0.4, 0.5) is 8.78 Å². The Hall–Kier alpha value is -0.960. The molecular weight excluding hydrogens is 232 g/mol. The van der Waals surface area contributed by atoms with Gasteiger partial charge in [-0.15, -0.1) is 0 Å². The maximum atomic E-state index is 13.9. The van der Waals surface area contributed by atoms with Crippen molar-refractivity contribution in [2.24, 2.45) is 5.92 Å². The predicted molar refractivity (Wildman–Crippen MR) is 70.0 cm³/mol. The fraction of sp³-hybridized carbons (Fsp3) is 0.600. The predicted octanol–water partition coefficient (Wildman–Crippen LogP) is 3.90. The molecule has 3 heteroatoms. The van der Waals surface area contributed by atoms with Gasteiger partial charge in [0.2, 0.25) is 0 Å².